The minimum Gasteiger partial charge on any atom is -0.497 e. The lowest BCUT2D eigenvalue weighted by Crippen LogP contribution is -2.25. The van der Waals surface area contributed by atoms with Crippen molar-refractivity contribution in [1.29, 1.82) is 0 Å². The van der Waals surface area contributed by atoms with E-state index in [1.54, 1.807) is 7.11 Å². The van der Waals surface area contributed by atoms with Gasteiger partial charge in [-0.25, -0.2) is 0 Å². The molecule has 0 aliphatic heterocycles. The zero-order valence-electron chi connectivity index (χ0n) is 21.3. The van der Waals surface area contributed by atoms with E-state index >= 15 is 0 Å². The largest absolute Gasteiger partial charge is 0.497 e. The number of methoxy groups -OCH3 is 1. The monoisotopic (exact) mass is 498 g/mol. The van der Waals surface area contributed by atoms with E-state index in [0.717, 1.165) is 33.8 Å². The van der Waals surface area contributed by atoms with Crippen molar-refractivity contribution in [2.24, 2.45) is 0 Å². The Morgan fingerprint density at radius 1 is 0.711 bits per heavy atom. The maximum Gasteiger partial charge on any atom is 0.119 e. The van der Waals surface area contributed by atoms with Crippen LogP contribution in [0.25, 0.3) is 44.1 Å². The quantitative estimate of drug-likeness (QED) is 0.227. The van der Waals surface area contributed by atoms with Gasteiger partial charge in [0.25, 0.3) is 0 Å². The Balaban J connectivity index is 1.50. The van der Waals surface area contributed by atoms with Gasteiger partial charge < -0.3 is 19.7 Å². The third-order valence-electron chi connectivity index (χ3n) is 7.08. The van der Waals surface area contributed by atoms with Gasteiger partial charge in [0.15, 0.2) is 0 Å². The molecule has 38 heavy (non-hydrogen) atoms. The van der Waals surface area contributed by atoms with E-state index in [9.17, 15) is 5.11 Å². The van der Waals surface area contributed by atoms with Crippen LogP contribution < -0.4 is 10.1 Å². The van der Waals surface area contributed by atoms with E-state index in [2.05, 4.69) is 101 Å². The van der Waals surface area contributed by atoms with E-state index in [0.29, 0.717) is 13.1 Å². The number of aliphatic hydroxyl groups is 1. The second-order valence-electron chi connectivity index (χ2n) is 9.51. The van der Waals surface area contributed by atoms with Crippen LogP contribution in [-0.4, -0.2) is 29.4 Å². The van der Waals surface area contributed by atoms with Crippen LogP contribution in [-0.2, 0) is 6.54 Å². The molecular formula is C34H30N2O2. The molecule has 6 aromatic rings. The molecule has 1 heterocycles. The standard InChI is InChI=1S/C34H30N2O2/c1-38-29-19-17-27(18-20-29)35-22-28(37)23-36-33(26-13-6-3-7-14-26)32(25-11-4-2-5-12-25)31-21-16-24-10-8-9-15-30(24)34(31)36/h2-21,28,35,37H,22-23H2,1H3/t28-/m0/s1. The SMILES string of the molecule is COc1ccc(NC[C@H](O)Cn2c(-c3ccccc3)c(-c3ccccc3)c3ccc4ccccc4c32)cc1. The van der Waals surface area contributed by atoms with Gasteiger partial charge in [0.05, 0.1) is 31.0 Å². The van der Waals surface area contributed by atoms with Crippen molar-refractivity contribution in [3.63, 3.8) is 0 Å². The van der Waals surface area contributed by atoms with Crippen molar-refractivity contribution in [3.8, 4) is 28.1 Å². The lowest BCUT2D eigenvalue weighted by molar-refractivity contribution is 0.169. The van der Waals surface area contributed by atoms with Crippen molar-refractivity contribution < 1.29 is 9.84 Å². The molecule has 1 atom stereocenters. The fourth-order valence-electron chi connectivity index (χ4n) is 5.32. The van der Waals surface area contributed by atoms with Crippen LogP contribution >= 0.6 is 0 Å². The number of anilines is 1. The summed E-state index contributed by atoms with van der Waals surface area (Å²) in [5.74, 6) is 0.808. The molecule has 4 heteroatoms. The van der Waals surface area contributed by atoms with E-state index in [4.69, 9.17) is 4.74 Å². The zero-order valence-corrected chi connectivity index (χ0v) is 21.3. The molecule has 0 unspecified atom stereocenters. The summed E-state index contributed by atoms with van der Waals surface area (Å²) in [6.07, 6.45) is -0.613. The van der Waals surface area contributed by atoms with Crippen LogP contribution in [0.15, 0.2) is 121 Å². The maximum atomic E-state index is 11.3. The molecule has 0 radical (unpaired) electrons. The zero-order chi connectivity index (χ0) is 25.9. The Morgan fingerprint density at radius 3 is 2.08 bits per heavy atom. The van der Waals surface area contributed by atoms with Gasteiger partial charge in [-0.1, -0.05) is 97.1 Å². The molecule has 0 saturated carbocycles. The number of aliphatic hydroxyl groups excluding tert-OH is 1. The average Bonchev–Trinajstić information content (AvgIpc) is 3.31. The van der Waals surface area contributed by atoms with Crippen molar-refractivity contribution in [2.45, 2.75) is 12.6 Å². The highest BCUT2D eigenvalue weighted by molar-refractivity contribution is 6.15. The van der Waals surface area contributed by atoms with Gasteiger partial charge in [-0.05, 0) is 40.8 Å². The Labute approximate surface area is 222 Å². The molecule has 188 valence electrons. The van der Waals surface area contributed by atoms with Gasteiger partial charge in [-0.2, -0.15) is 0 Å². The predicted octanol–water partition coefficient (Wildman–Crippen LogP) is 7.61. The summed E-state index contributed by atoms with van der Waals surface area (Å²) in [5, 5.41) is 18.3. The second-order valence-corrected chi connectivity index (χ2v) is 9.51. The van der Waals surface area contributed by atoms with E-state index < -0.39 is 6.10 Å². The van der Waals surface area contributed by atoms with Crippen LogP contribution in [0.3, 0.4) is 0 Å². The van der Waals surface area contributed by atoms with Crippen LogP contribution in [0.1, 0.15) is 0 Å². The number of rotatable bonds is 8. The van der Waals surface area contributed by atoms with E-state index in [1.165, 1.54) is 21.7 Å². The van der Waals surface area contributed by atoms with Crippen LogP contribution in [0, 0.1) is 0 Å². The van der Waals surface area contributed by atoms with Gasteiger partial charge >= 0.3 is 0 Å². The van der Waals surface area contributed by atoms with E-state index in [1.807, 2.05) is 30.3 Å². The molecule has 0 fully saturated rings. The molecular weight excluding hydrogens is 468 g/mol. The Kier molecular flexibility index (Phi) is 6.55. The topological polar surface area (TPSA) is 46.4 Å². The normalized spacial score (nSPS) is 12.1. The summed E-state index contributed by atoms with van der Waals surface area (Å²) in [6.45, 7) is 0.871. The Bertz CT molecular complexity index is 1670. The summed E-state index contributed by atoms with van der Waals surface area (Å²) < 4.78 is 7.58. The van der Waals surface area contributed by atoms with E-state index in [-0.39, 0.29) is 0 Å². The number of hydrogen-bond donors (Lipinski definition) is 2. The summed E-state index contributed by atoms with van der Waals surface area (Å²) in [4.78, 5) is 0. The number of nitrogens with one attached hydrogen (secondary N) is 1. The van der Waals surface area contributed by atoms with Gasteiger partial charge in [-0.3, -0.25) is 0 Å². The molecule has 0 bridgehead atoms. The van der Waals surface area contributed by atoms with Gasteiger partial charge in [0, 0.05) is 28.6 Å². The first-order chi connectivity index (χ1) is 18.7. The van der Waals surface area contributed by atoms with Crippen molar-refractivity contribution in [2.75, 3.05) is 19.0 Å². The number of aromatic nitrogens is 1. The molecule has 0 spiro atoms. The highest BCUT2D eigenvalue weighted by Gasteiger charge is 2.23. The highest BCUT2D eigenvalue weighted by atomic mass is 16.5. The smallest absolute Gasteiger partial charge is 0.119 e. The molecule has 0 aliphatic carbocycles. The molecule has 4 nitrogen and oxygen atoms in total. The summed E-state index contributed by atoms with van der Waals surface area (Å²) in [5.41, 5.74) is 6.68. The summed E-state index contributed by atoms with van der Waals surface area (Å²) >= 11 is 0. The fourth-order valence-corrected chi connectivity index (χ4v) is 5.32. The highest BCUT2D eigenvalue weighted by Crippen LogP contribution is 2.43. The minimum atomic E-state index is -0.613. The van der Waals surface area contributed by atoms with Gasteiger partial charge in [-0.15, -0.1) is 0 Å². The number of benzene rings is 5. The molecule has 1 aromatic heterocycles. The fraction of sp³-hybridized carbons (Fsp3) is 0.118. The predicted molar refractivity (Wildman–Crippen MR) is 158 cm³/mol. The van der Waals surface area contributed by atoms with Gasteiger partial charge in [0.1, 0.15) is 5.75 Å². The van der Waals surface area contributed by atoms with Crippen LogP contribution in [0.2, 0.25) is 0 Å². The number of hydrogen-bond acceptors (Lipinski definition) is 3. The first-order valence-corrected chi connectivity index (χ1v) is 12.9. The molecule has 2 N–H and O–H groups in total. The molecule has 0 amide bonds. The minimum absolute atomic E-state index is 0.422. The first-order valence-electron chi connectivity index (χ1n) is 12.9. The first kappa shape index (κ1) is 23.8. The summed E-state index contributed by atoms with van der Waals surface area (Å²) in [7, 11) is 1.66. The van der Waals surface area contributed by atoms with Gasteiger partial charge in [0.2, 0.25) is 0 Å². The summed E-state index contributed by atoms with van der Waals surface area (Å²) in [6, 6.07) is 41.7. The van der Waals surface area contributed by atoms with Crippen LogP contribution in [0.5, 0.6) is 5.75 Å². The van der Waals surface area contributed by atoms with Crippen LogP contribution in [0.4, 0.5) is 5.69 Å². The second kappa shape index (κ2) is 10.4. The average molecular weight is 499 g/mol. The molecule has 6 rings (SSSR count). The molecule has 5 aromatic carbocycles. The third-order valence-corrected chi connectivity index (χ3v) is 7.08. The lowest BCUT2D eigenvalue weighted by Gasteiger charge is -2.18. The van der Waals surface area contributed by atoms with Crippen molar-refractivity contribution in [1.82, 2.24) is 4.57 Å². The maximum absolute atomic E-state index is 11.3. The number of fused-ring (bicyclic) bond motifs is 3. The Hall–Kier alpha value is -4.54. The Morgan fingerprint density at radius 2 is 1.37 bits per heavy atom. The molecule has 0 aliphatic rings. The lowest BCUT2D eigenvalue weighted by atomic mass is 9.97. The molecule has 0 saturated heterocycles. The number of ether oxygens (including phenoxy) is 1. The third kappa shape index (κ3) is 4.51. The van der Waals surface area contributed by atoms with Crippen molar-refractivity contribution in [3.05, 3.63) is 121 Å². The van der Waals surface area contributed by atoms with Crippen molar-refractivity contribution >= 4 is 27.4 Å². The number of nitrogens with zero attached hydrogens (tertiary/aromatic N) is 1.